The highest BCUT2D eigenvalue weighted by atomic mass is 16.5. The van der Waals surface area contributed by atoms with Crippen molar-refractivity contribution < 1.29 is 14.2 Å². The number of fused-ring (bicyclic) bond motifs is 1. The van der Waals surface area contributed by atoms with E-state index in [0.29, 0.717) is 25.7 Å². The number of nitrogens with one attached hydrogen (secondary N) is 1. The summed E-state index contributed by atoms with van der Waals surface area (Å²) in [6.07, 6.45) is 3.21. The van der Waals surface area contributed by atoms with Crippen LogP contribution in [0.25, 0.3) is 10.8 Å². The molecule has 1 aliphatic rings. The molecule has 4 heteroatoms. The Hall–Kier alpha value is -3.18. The lowest BCUT2D eigenvalue weighted by Gasteiger charge is -2.32. The van der Waals surface area contributed by atoms with Crippen LogP contribution in [0, 0.1) is 0 Å². The zero-order valence-corrected chi connectivity index (χ0v) is 21.5. The Balaban J connectivity index is 1.06. The number of unbranched alkanes of at least 4 members (excludes halogenated alkanes) is 1. The first-order valence-electron chi connectivity index (χ1n) is 13.5. The van der Waals surface area contributed by atoms with Crippen LogP contribution in [-0.4, -0.2) is 32.4 Å². The van der Waals surface area contributed by atoms with E-state index in [1.165, 1.54) is 27.5 Å². The zero-order valence-electron chi connectivity index (χ0n) is 21.5. The molecule has 0 amide bonds. The van der Waals surface area contributed by atoms with Gasteiger partial charge in [0.05, 0.1) is 25.9 Å². The summed E-state index contributed by atoms with van der Waals surface area (Å²) in [5, 5.41) is 6.04. The Kier molecular flexibility index (Phi) is 9.22. The predicted molar refractivity (Wildman–Crippen MR) is 150 cm³/mol. The van der Waals surface area contributed by atoms with Gasteiger partial charge in [0.1, 0.15) is 5.75 Å². The van der Waals surface area contributed by atoms with Crippen molar-refractivity contribution in [1.29, 1.82) is 0 Å². The molecule has 1 heterocycles. The highest BCUT2D eigenvalue weighted by molar-refractivity contribution is 5.82. The van der Waals surface area contributed by atoms with E-state index in [-0.39, 0.29) is 6.10 Å². The standard InChI is InChI=1S/C33H37NO3/c1-2-8-26(9-3-1)24-35-20-6-7-21-36-31-16-14-29(15-17-31)32-18-19-34-23-33(32)37-25-27-12-13-28-10-4-5-11-30(28)22-27/h1-5,8-17,22,32-34H,6-7,18-21,23-25H2/t32-,33+/m1/s1. The van der Waals surface area contributed by atoms with Gasteiger partial charge in [0.25, 0.3) is 0 Å². The van der Waals surface area contributed by atoms with Crippen LogP contribution in [0.1, 0.15) is 41.9 Å². The molecule has 0 radical (unpaired) electrons. The minimum Gasteiger partial charge on any atom is -0.494 e. The van der Waals surface area contributed by atoms with E-state index < -0.39 is 0 Å². The van der Waals surface area contributed by atoms with Crippen molar-refractivity contribution in [2.24, 2.45) is 0 Å². The number of benzene rings is 4. The summed E-state index contributed by atoms with van der Waals surface area (Å²) in [5.74, 6) is 1.31. The van der Waals surface area contributed by atoms with Crippen molar-refractivity contribution in [3.8, 4) is 5.75 Å². The molecule has 0 bridgehead atoms. The van der Waals surface area contributed by atoms with Crippen LogP contribution in [0.15, 0.2) is 97.1 Å². The van der Waals surface area contributed by atoms with Crippen molar-refractivity contribution in [3.63, 3.8) is 0 Å². The third kappa shape index (κ3) is 7.42. The maximum Gasteiger partial charge on any atom is 0.119 e. The fourth-order valence-corrected chi connectivity index (χ4v) is 4.99. The third-order valence-electron chi connectivity index (χ3n) is 7.08. The molecule has 4 aromatic rings. The van der Waals surface area contributed by atoms with Crippen molar-refractivity contribution in [1.82, 2.24) is 5.32 Å². The molecule has 37 heavy (non-hydrogen) atoms. The van der Waals surface area contributed by atoms with Crippen LogP contribution in [0.5, 0.6) is 5.75 Å². The fourth-order valence-electron chi connectivity index (χ4n) is 4.99. The van der Waals surface area contributed by atoms with Gasteiger partial charge in [-0.25, -0.2) is 0 Å². The van der Waals surface area contributed by atoms with Crippen LogP contribution >= 0.6 is 0 Å². The molecule has 192 valence electrons. The van der Waals surface area contributed by atoms with Gasteiger partial charge in [0.15, 0.2) is 0 Å². The molecular weight excluding hydrogens is 458 g/mol. The van der Waals surface area contributed by atoms with E-state index in [1.54, 1.807) is 0 Å². The second-order valence-corrected chi connectivity index (χ2v) is 9.79. The van der Waals surface area contributed by atoms with E-state index in [0.717, 1.165) is 44.7 Å². The maximum absolute atomic E-state index is 6.45. The minimum absolute atomic E-state index is 0.155. The summed E-state index contributed by atoms with van der Waals surface area (Å²) in [4.78, 5) is 0. The van der Waals surface area contributed by atoms with Crippen molar-refractivity contribution >= 4 is 10.8 Å². The number of hydrogen-bond acceptors (Lipinski definition) is 4. The average Bonchev–Trinajstić information content (AvgIpc) is 2.96. The molecule has 0 spiro atoms. The first-order chi connectivity index (χ1) is 18.3. The Morgan fingerprint density at radius 2 is 1.49 bits per heavy atom. The lowest BCUT2D eigenvalue weighted by atomic mass is 9.87. The van der Waals surface area contributed by atoms with Gasteiger partial charge in [-0.15, -0.1) is 0 Å². The predicted octanol–water partition coefficient (Wildman–Crippen LogP) is 6.88. The monoisotopic (exact) mass is 495 g/mol. The molecule has 0 aromatic heterocycles. The molecule has 0 aliphatic carbocycles. The Morgan fingerprint density at radius 3 is 2.35 bits per heavy atom. The van der Waals surface area contributed by atoms with Gasteiger partial charge in [-0.3, -0.25) is 0 Å². The Labute approximate surface area is 220 Å². The second-order valence-electron chi connectivity index (χ2n) is 9.79. The summed E-state index contributed by atoms with van der Waals surface area (Å²) in [7, 11) is 0. The van der Waals surface area contributed by atoms with Crippen LogP contribution in [0.2, 0.25) is 0 Å². The topological polar surface area (TPSA) is 39.7 Å². The molecule has 1 saturated heterocycles. The number of rotatable bonds is 12. The van der Waals surface area contributed by atoms with Crippen LogP contribution in [0.3, 0.4) is 0 Å². The zero-order chi connectivity index (χ0) is 25.1. The summed E-state index contributed by atoms with van der Waals surface area (Å²) in [6, 6.07) is 34.0. The summed E-state index contributed by atoms with van der Waals surface area (Å²) in [5.41, 5.74) is 3.76. The molecule has 4 nitrogen and oxygen atoms in total. The highest BCUT2D eigenvalue weighted by Gasteiger charge is 2.27. The van der Waals surface area contributed by atoms with E-state index in [2.05, 4.69) is 84.2 Å². The van der Waals surface area contributed by atoms with Gasteiger partial charge in [0.2, 0.25) is 0 Å². The molecule has 1 fully saturated rings. The molecule has 5 rings (SSSR count). The van der Waals surface area contributed by atoms with E-state index in [4.69, 9.17) is 14.2 Å². The van der Waals surface area contributed by atoms with Gasteiger partial charge in [-0.05, 0) is 71.5 Å². The van der Waals surface area contributed by atoms with E-state index >= 15 is 0 Å². The van der Waals surface area contributed by atoms with Crippen LogP contribution < -0.4 is 10.1 Å². The van der Waals surface area contributed by atoms with Gasteiger partial charge in [0, 0.05) is 19.1 Å². The third-order valence-corrected chi connectivity index (χ3v) is 7.08. The van der Waals surface area contributed by atoms with Crippen LogP contribution in [0.4, 0.5) is 0 Å². The van der Waals surface area contributed by atoms with Gasteiger partial charge in [-0.1, -0.05) is 78.9 Å². The first-order valence-corrected chi connectivity index (χ1v) is 13.5. The van der Waals surface area contributed by atoms with Crippen molar-refractivity contribution in [2.75, 3.05) is 26.3 Å². The van der Waals surface area contributed by atoms with Gasteiger partial charge >= 0.3 is 0 Å². The Morgan fingerprint density at radius 1 is 0.703 bits per heavy atom. The van der Waals surface area contributed by atoms with E-state index in [9.17, 15) is 0 Å². The number of hydrogen-bond donors (Lipinski definition) is 1. The number of piperidine rings is 1. The van der Waals surface area contributed by atoms with Crippen molar-refractivity contribution in [3.05, 3.63) is 114 Å². The fraction of sp³-hybridized carbons (Fsp3) is 0.333. The Bertz CT molecular complexity index is 1230. The lowest BCUT2D eigenvalue weighted by Crippen LogP contribution is -2.40. The normalized spacial score (nSPS) is 17.6. The molecule has 0 unspecified atom stereocenters. The minimum atomic E-state index is 0.155. The van der Waals surface area contributed by atoms with Crippen LogP contribution in [-0.2, 0) is 22.7 Å². The maximum atomic E-state index is 6.45. The average molecular weight is 496 g/mol. The molecule has 1 aliphatic heterocycles. The van der Waals surface area contributed by atoms with Gasteiger partial charge < -0.3 is 19.5 Å². The molecule has 1 N–H and O–H groups in total. The first kappa shape index (κ1) is 25.5. The SMILES string of the molecule is c1ccc(COCCCCOc2ccc([C@H]3CCNC[C@@H]3OCc3ccc4ccccc4c3)cc2)cc1. The highest BCUT2D eigenvalue weighted by Crippen LogP contribution is 2.30. The number of ether oxygens (including phenoxy) is 3. The van der Waals surface area contributed by atoms with E-state index in [1.807, 2.05) is 18.2 Å². The molecule has 4 aromatic carbocycles. The molecule has 0 saturated carbocycles. The van der Waals surface area contributed by atoms with Crippen molar-refractivity contribution in [2.45, 2.75) is 44.5 Å². The quantitative estimate of drug-likeness (QED) is 0.218. The summed E-state index contributed by atoms with van der Waals surface area (Å²) >= 11 is 0. The van der Waals surface area contributed by atoms with Gasteiger partial charge in [-0.2, -0.15) is 0 Å². The second kappa shape index (κ2) is 13.4. The smallest absolute Gasteiger partial charge is 0.119 e. The largest absolute Gasteiger partial charge is 0.494 e. The molecule has 2 atom stereocenters. The molecular formula is C33H37NO3. The lowest BCUT2D eigenvalue weighted by molar-refractivity contribution is 0.0106. The summed E-state index contributed by atoms with van der Waals surface area (Å²) in [6.45, 7) is 4.66. The summed E-state index contributed by atoms with van der Waals surface area (Å²) < 4.78 is 18.2.